The van der Waals surface area contributed by atoms with Crippen molar-refractivity contribution in [2.75, 3.05) is 19.7 Å². The molecule has 5 heteroatoms. The van der Waals surface area contributed by atoms with Gasteiger partial charge < -0.3 is 14.8 Å². The molecule has 1 aliphatic heterocycles. The fraction of sp³-hybridized carbons (Fsp3) is 0.579. The SMILES string of the molecule is CCOC(=O)C1(OC(=O)Cc2c(C)cc(C)cc2C)CCNCC1. The number of carbonyl (C=O) groups excluding carboxylic acids is 2. The van der Waals surface area contributed by atoms with Crippen molar-refractivity contribution in [3.63, 3.8) is 0 Å². The number of carbonyl (C=O) groups is 2. The fourth-order valence-corrected chi connectivity index (χ4v) is 3.33. The molecular weight excluding hydrogens is 306 g/mol. The third-order valence-corrected chi connectivity index (χ3v) is 4.53. The van der Waals surface area contributed by atoms with E-state index in [1.54, 1.807) is 6.92 Å². The lowest BCUT2D eigenvalue weighted by Gasteiger charge is -2.34. The summed E-state index contributed by atoms with van der Waals surface area (Å²) in [6, 6.07) is 4.11. The summed E-state index contributed by atoms with van der Waals surface area (Å²) in [4.78, 5) is 24.9. The zero-order chi connectivity index (χ0) is 17.7. The van der Waals surface area contributed by atoms with Crippen LogP contribution in [-0.4, -0.2) is 37.2 Å². The average molecular weight is 333 g/mol. The van der Waals surface area contributed by atoms with Crippen molar-refractivity contribution in [3.8, 4) is 0 Å². The Morgan fingerprint density at radius 2 is 1.71 bits per heavy atom. The summed E-state index contributed by atoms with van der Waals surface area (Å²) in [5.74, 6) is -0.808. The van der Waals surface area contributed by atoms with E-state index in [0.29, 0.717) is 25.9 Å². The van der Waals surface area contributed by atoms with Gasteiger partial charge in [-0.05, 0) is 57.5 Å². The van der Waals surface area contributed by atoms with E-state index in [0.717, 1.165) is 16.7 Å². The highest BCUT2D eigenvalue weighted by Crippen LogP contribution is 2.27. The van der Waals surface area contributed by atoms with E-state index in [4.69, 9.17) is 9.47 Å². The number of hydrogen-bond donors (Lipinski definition) is 1. The third-order valence-electron chi connectivity index (χ3n) is 4.53. The molecule has 1 N–H and O–H groups in total. The van der Waals surface area contributed by atoms with Crippen LogP contribution >= 0.6 is 0 Å². The van der Waals surface area contributed by atoms with Crippen molar-refractivity contribution in [1.29, 1.82) is 0 Å². The number of benzene rings is 1. The number of nitrogens with one attached hydrogen (secondary N) is 1. The maximum atomic E-state index is 12.5. The summed E-state index contributed by atoms with van der Waals surface area (Å²) in [5, 5.41) is 3.18. The summed E-state index contributed by atoms with van der Waals surface area (Å²) in [7, 11) is 0. The Labute approximate surface area is 143 Å². The van der Waals surface area contributed by atoms with Crippen molar-refractivity contribution < 1.29 is 19.1 Å². The average Bonchev–Trinajstić information content (AvgIpc) is 2.52. The van der Waals surface area contributed by atoms with Crippen LogP contribution in [0, 0.1) is 20.8 Å². The largest absolute Gasteiger partial charge is 0.463 e. The first-order chi connectivity index (χ1) is 11.4. The molecule has 1 aromatic carbocycles. The molecule has 0 saturated carbocycles. The van der Waals surface area contributed by atoms with E-state index >= 15 is 0 Å². The number of hydrogen-bond acceptors (Lipinski definition) is 5. The monoisotopic (exact) mass is 333 g/mol. The molecule has 0 radical (unpaired) electrons. The first-order valence-electron chi connectivity index (χ1n) is 8.54. The summed E-state index contributed by atoms with van der Waals surface area (Å²) in [6.07, 6.45) is 1.07. The molecule has 0 unspecified atom stereocenters. The lowest BCUT2D eigenvalue weighted by Crippen LogP contribution is -2.52. The summed E-state index contributed by atoms with van der Waals surface area (Å²) in [5.41, 5.74) is 3.13. The van der Waals surface area contributed by atoms with E-state index in [9.17, 15) is 9.59 Å². The first kappa shape index (κ1) is 18.5. The Morgan fingerprint density at radius 1 is 1.12 bits per heavy atom. The molecule has 24 heavy (non-hydrogen) atoms. The maximum Gasteiger partial charge on any atom is 0.350 e. The van der Waals surface area contributed by atoms with Crippen LogP contribution in [0.1, 0.15) is 42.0 Å². The van der Waals surface area contributed by atoms with Gasteiger partial charge >= 0.3 is 11.9 Å². The van der Waals surface area contributed by atoms with Crippen LogP contribution in [0.15, 0.2) is 12.1 Å². The highest BCUT2D eigenvalue weighted by Gasteiger charge is 2.44. The molecule has 0 aliphatic carbocycles. The van der Waals surface area contributed by atoms with Crippen LogP contribution in [0.3, 0.4) is 0 Å². The molecule has 1 aliphatic rings. The molecule has 0 aromatic heterocycles. The summed E-state index contributed by atoms with van der Waals surface area (Å²) in [6.45, 7) is 9.33. The Hall–Kier alpha value is -1.88. The quantitative estimate of drug-likeness (QED) is 0.838. The van der Waals surface area contributed by atoms with Gasteiger partial charge in [-0.3, -0.25) is 4.79 Å². The van der Waals surface area contributed by atoms with Gasteiger partial charge in [0.05, 0.1) is 13.0 Å². The molecule has 1 fully saturated rings. The molecule has 2 rings (SSSR count). The summed E-state index contributed by atoms with van der Waals surface area (Å²) >= 11 is 0. The molecule has 132 valence electrons. The molecule has 0 atom stereocenters. The fourth-order valence-electron chi connectivity index (χ4n) is 3.33. The molecular formula is C19H27NO4. The lowest BCUT2D eigenvalue weighted by molar-refractivity contribution is -0.185. The molecule has 0 bridgehead atoms. The zero-order valence-electron chi connectivity index (χ0n) is 15.0. The molecule has 1 heterocycles. The Morgan fingerprint density at radius 3 is 2.25 bits per heavy atom. The minimum absolute atomic E-state index is 0.173. The van der Waals surface area contributed by atoms with Crippen molar-refractivity contribution >= 4 is 11.9 Å². The Kier molecular flexibility index (Phi) is 5.99. The van der Waals surface area contributed by atoms with Gasteiger partial charge in [0, 0.05) is 12.8 Å². The van der Waals surface area contributed by atoms with E-state index in [1.165, 1.54) is 5.56 Å². The van der Waals surface area contributed by atoms with Crippen LogP contribution in [0.4, 0.5) is 0 Å². The van der Waals surface area contributed by atoms with Gasteiger partial charge in [-0.1, -0.05) is 17.7 Å². The third kappa shape index (κ3) is 4.15. The second kappa shape index (κ2) is 7.79. The highest BCUT2D eigenvalue weighted by atomic mass is 16.6. The number of aryl methyl sites for hydroxylation is 3. The van der Waals surface area contributed by atoms with Crippen molar-refractivity contribution in [2.45, 2.75) is 52.6 Å². The van der Waals surface area contributed by atoms with Gasteiger partial charge in [-0.25, -0.2) is 4.79 Å². The van der Waals surface area contributed by atoms with Gasteiger partial charge in [-0.2, -0.15) is 0 Å². The molecule has 1 aromatic rings. The number of esters is 2. The molecule has 5 nitrogen and oxygen atoms in total. The topological polar surface area (TPSA) is 64.6 Å². The predicted octanol–water partition coefficient (Wildman–Crippen LogP) is 2.38. The van der Waals surface area contributed by atoms with Crippen LogP contribution in [0.25, 0.3) is 0 Å². The highest BCUT2D eigenvalue weighted by molar-refractivity contribution is 5.84. The smallest absolute Gasteiger partial charge is 0.350 e. The first-order valence-corrected chi connectivity index (χ1v) is 8.54. The van der Waals surface area contributed by atoms with Crippen molar-refractivity contribution in [1.82, 2.24) is 5.32 Å². The number of ether oxygens (including phenoxy) is 2. The lowest BCUT2D eigenvalue weighted by atomic mass is 9.91. The van der Waals surface area contributed by atoms with Crippen molar-refractivity contribution in [3.05, 3.63) is 34.4 Å². The summed E-state index contributed by atoms with van der Waals surface area (Å²) < 4.78 is 10.8. The van der Waals surface area contributed by atoms with Crippen LogP contribution < -0.4 is 5.32 Å². The molecule has 1 saturated heterocycles. The van der Waals surface area contributed by atoms with Gasteiger partial charge in [0.1, 0.15) is 0 Å². The molecule has 0 amide bonds. The minimum atomic E-state index is -1.15. The number of rotatable bonds is 5. The van der Waals surface area contributed by atoms with E-state index in [-0.39, 0.29) is 19.0 Å². The van der Waals surface area contributed by atoms with Crippen molar-refractivity contribution in [2.24, 2.45) is 0 Å². The van der Waals surface area contributed by atoms with E-state index < -0.39 is 11.6 Å². The second-order valence-electron chi connectivity index (χ2n) is 6.49. The van der Waals surface area contributed by atoms with Crippen LogP contribution in [0.2, 0.25) is 0 Å². The zero-order valence-corrected chi connectivity index (χ0v) is 15.0. The van der Waals surface area contributed by atoms with Gasteiger partial charge in [0.25, 0.3) is 0 Å². The van der Waals surface area contributed by atoms with Gasteiger partial charge in [-0.15, -0.1) is 0 Å². The normalized spacial score (nSPS) is 16.5. The molecule has 0 spiro atoms. The van der Waals surface area contributed by atoms with E-state index in [2.05, 4.69) is 17.4 Å². The minimum Gasteiger partial charge on any atom is -0.463 e. The van der Waals surface area contributed by atoms with Crippen LogP contribution in [-0.2, 0) is 25.5 Å². The maximum absolute atomic E-state index is 12.5. The van der Waals surface area contributed by atoms with Gasteiger partial charge in [0.15, 0.2) is 0 Å². The second-order valence-corrected chi connectivity index (χ2v) is 6.49. The van der Waals surface area contributed by atoms with E-state index in [1.807, 2.05) is 20.8 Å². The predicted molar refractivity (Wildman–Crippen MR) is 91.9 cm³/mol. The standard InChI is InChI=1S/C19H27NO4/c1-5-23-18(22)19(6-8-20-9-7-19)24-17(21)12-16-14(3)10-13(2)11-15(16)4/h10-11,20H,5-9,12H2,1-4H3. The van der Waals surface area contributed by atoms with Gasteiger partial charge in [0.2, 0.25) is 5.60 Å². The Bertz CT molecular complexity index is 595. The number of piperidine rings is 1. The van der Waals surface area contributed by atoms with Crippen LogP contribution in [0.5, 0.6) is 0 Å². The Balaban J connectivity index is 2.15.